The van der Waals surface area contributed by atoms with E-state index in [1.165, 1.54) is 4.90 Å². The Balaban J connectivity index is 1.70. The topological polar surface area (TPSA) is 53.5 Å². The monoisotopic (exact) mass is 445 g/mol. The summed E-state index contributed by atoms with van der Waals surface area (Å²) in [4.78, 5) is 32.4. The van der Waals surface area contributed by atoms with Crippen LogP contribution in [0.4, 0.5) is 19.3 Å². The Labute approximate surface area is 190 Å². The molecule has 0 saturated carbocycles. The molecule has 1 unspecified atom stereocenters. The standard InChI is InChI=1S/C26H21F2N3O2/c1-3-30-25(33)31(23(32)16-26(30,2)20-10-7-13-29-17-20)24-21(27)14-19(15-22(24)28)12-11-18-8-5-4-6-9-18/h4-10,13-15,17H,3,16H2,1-2H3. The van der Waals surface area contributed by atoms with E-state index in [4.69, 9.17) is 0 Å². The smallest absolute Gasteiger partial charge is 0.314 e. The van der Waals surface area contributed by atoms with Gasteiger partial charge in [0.05, 0.1) is 12.0 Å². The van der Waals surface area contributed by atoms with Crippen LogP contribution in [0.1, 0.15) is 37.0 Å². The summed E-state index contributed by atoms with van der Waals surface area (Å²) in [6.07, 6.45) is 3.03. The number of imide groups is 1. The molecule has 0 radical (unpaired) electrons. The molecular weight excluding hydrogens is 424 g/mol. The van der Waals surface area contributed by atoms with Crippen molar-refractivity contribution >= 4 is 17.6 Å². The summed E-state index contributed by atoms with van der Waals surface area (Å²) in [6, 6.07) is 13.8. The summed E-state index contributed by atoms with van der Waals surface area (Å²) in [5, 5.41) is 0. The zero-order valence-electron chi connectivity index (χ0n) is 18.2. The van der Waals surface area contributed by atoms with E-state index < -0.39 is 34.8 Å². The van der Waals surface area contributed by atoms with Crippen molar-refractivity contribution in [1.82, 2.24) is 9.88 Å². The Bertz CT molecular complexity index is 1250. The largest absolute Gasteiger partial charge is 0.332 e. The van der Waals surface area contributed by atoms with Crippen LogP contribution in [0.25, 0.3) is 0 Å². The highest BCUT2D eigenvalue weighted by Crippen LogP contribution is 2.39. The molecule has 0 spiro atoms. The number of rotatable bonds is 3. The van der Waals surface area contributed by atoms with Crippen LogP contribution in [0.15, 0.2) is 67.0 Å². The molecule has 4 rings (SSSR count). The molecule has 2 aromatic carbocycles. The number of hydrogen-bond donors (Lipinski definition) is 0. The molecule has 166 valence electrons. The van der Waals surface area contributed by atoms with Crippen LogP contribution in [-0.4, -0.2) is 28.4 Å². The second kappa shape index (κ2) is 8.83. The first-order valence-electron chi connectivity index (χ1n) is 10.5. The van der Waals surface area contributed by atoms with E-state index in [1.807, 2.05) is 6.07 Å². The maximum Gasteiger partial charge on any atom is 0.332 e. The van der Waals surface area contributed by atoms with Crippen molar-refractivity contribution in [1.29, 1.82) is 0 Å². The highest BCUT2D eigenvalue weighted by Gasteiger charge is 2.48. The van der Waals surface area contributed by atoms with Gasteiger partial charge in [0.15, 0.2) is 11.6 Å². The van der Waals surface area contributed by atoms with Gasteiger partial charge in [-0.25, -0.2) is 18.5 Å². The van der Waals surface area contributed by atoms with Crippen molar-refractivity contribution in [3.05, 3.63) is 95.3 Å². The molecule has 33 heavy (non-hydrogen) atoms. The predicted molar refractivity (Wildman–Crippen MR) is 120 cm³/mol. The summed E-state index contributed by atoms with van der Waals surface area (Å²) >= 11 is 0. The van der Waals surface area contributed by atoms with Crippen molar-refractivity contribution in [3.63, 3.8) is 0 Å². The third-order valence-electron chi connectivity index (χ3n) is 5.73. The van der Waals surface area contributed by atoms with Crippen molar-refractivity contribution in [3.8, 4) is 11.8 Å². The van der Waals surface area contributed by atoms with Gasteiger partial charge in [-0.1, -0.05) is 36.1 Å². The van der Waals surface area contributed by atoms with Gasteiger partial charge >= 0.3 is 6.03 Å². The van der Waals surface area contributed by atoms with Crippen LogP contribution in [0, 0.1) is 23.5 Å². The normalized spacial score (nSPS) is 18.2. The zero-order chi connectivity index (χ0) is 23.6. The highest BCUT2D eigenvalue weighted by atomic mass is 19.1. The number of carbonyl (C=O) groups excluding carboxylic acids is 2. The van der Waals surface area contributed by atoms with Crippen LogP contribution in [0.5, 0.6) is 0 Å². The van der Waals surface area contributed by atoms with E-state index in [0.29, 0.717) is 16.0 Å². The molecule has 0 aliphatic carbocycles. The van der Waals surface area contributed by atoms with E-state index in [9.17, 15) is 9.59 Å². The summed E-state index contributed by atoms with van der Waals surface area (Å²) in [5.74, 6) is 2.78. The van der Waals surface area contributed by atoms with E-state index in [0.717, 1.165) is 12.1 Å². The van der Waals surface area contributed by atoms with Crippen LogP contribution in [0.2, 0.25) is 0 Å². The van der Waals surface area contributed by atoms with Crippen molar-refractivity contribution in [2.24, 2.45) is 0 Å². The zero-order valence-corrected chi connectivity index (χ0v) is 18.2. The maximum atomic E-state index is 15.0. The fraction of sp³-hybridized carbons (Fsp3) is 0.192. The first-order chi connectivity index (χ1) is 15.8. The molecule has 7 heteroatoms. The number of halogens is 2. The van der Waals surface area contributed by atoms with Gasteiger partial charge in [-0.05, 0) is 49.7 Å². The molecule has 0 N–H and O–H groups in total. The molecule has 1 aromatic heterocycles. The molecule has 5 nitrogen and oxygen atoms in total. The van der Waals surface area contributed by atoms with Crippen LogP contribution >= 0.6 is 0 Å². The lowest BCUT2D eigenvalue weighted by Gasteiger charge is -2.47. The number of pyridine rings is 1. The number of benzene rings is 2. The van der Waals surface area contributed by atoms with Gasteiger partial charge in [0, 0.05) is 30.1 Å². The molecular formula is C26H21F2N3O2. The number of carbonyl (C=O) groups is 2. The summed E-state index contributed by atoms with van der Waals surface area (Å²) < 4.78 is 30.1. The number of hydrogen-bond acceptors (Lipinski definition) is 3. The minimum atomic E-state index is -1.03. The molecule has 2 heterocycles. The molecule has 1 aliphatic rings. The molecule has 3 aromatic rings. The first-order valence-corrected chi connectivity index (χ1v) is 10.5. The highest BCUT2D eigenvalue weighted by molar-refractivity contribution is 6.16. The van der Waals surface area contributed by atoms with Gasteiger partial charge in [-0.15, -0.1) is 0 Å². The Morgan fingerprint density at radius 1 is 1.00 bits per heavy atom. The predicted octanol–water partition coefficient (Wildman–Crippen LogP) is 4.85. The number of nitrogens with zero attached hydrogens (tertiary/aromatic N) is 3. The first kappa shape index (κ1) is 22.2. The molecule has 3 amide bonds. The SMILES string of the molecule is CCN1C(=O)N(c2c(F)cc(C#Cc3ccccc3)cc2F)C(=O)CC1(C)c1cccnc1. The lowest BCUT2D eigenvalue weighted by Crippen LogP contribution is -2.61. The van der Waals surface area contributed by atoms with E-state index in [2.05, 4.69) is 16.8 Å². The Hall–Kier alpha value is -4.05. The van der Waals surface area contributed by atoms with Gasteiger partial charge in [0.2, 0.25) is 5.91 Å². The minimum absolute atomic E-state index is 0.0991. The molecule has 1 aliphatic heterocycles. The molecule has 1 atom stereocenters. The third-order valence-corrected chi connectivity index (χ3v) is 5.73. The fourth-order valence-corrected chi connectivity index (χ4v) is 4.07. The van der Waals surface area contributed by atoms with Crippen molar-refractivity contribution < 1.29 is 18.4 Å². The number of amides is 3. The lowest BCUT2D eigenvalue weighted by molar-refractivity contribution is -0.122. The Morgan fingerprint density at radius 3 is 2.27 bits per heavy atom. The lowest BCUT2D eigenvalue weighted by atomic mass is 9.85. The van der Waals surface area contributed by atoms with Gasteiger partial charge in [-0.3, -0.25) is 9.78 Å². The van der Waals surface area contributed by atoms with Crippen LogP contribution in [0.3, 0.4) is 0 Å². The Kier molecular flexibility index (Phi) is 5.93. The average Bonchev–Trinajstić information content (AvgIpc) is 2.80. The van der Waals surface area contributed by atoms with E-state index in [-0.39, 0.29) is 18.5 Å². The third kappa shape index (κ3) is 4.08. The van der Waals surface area contributed by atoms with Crippen LogP contribution < -0.4 is 4.90 Å². The van der Waals surface area contributed by atoms with Gasteiger partial charge in [0.25, 0.3) is 0 Å². The number of anilines is 1. The average molecular weight is 445 g/mol. The number of urea groups is 1. The quantitative estimate of drug-likeness (QED) is 0.542. The molecule has 1 fully saturated rings. The van der Waals surface area contributed by atoms with Crippen molar-refractivity contribution in [2.45, 2.75) is 25.8 Å². The van der Waals surface area contributed by atoms with Gasteiger partial charge in [-0.2, -0.15) is 0 Å². The van der Waals surface area contributed by atoms with Gasteiger partial charge < -0.3 is 4.90 Å². The maximum absolute atomic E-state index is 15.0. The summed E-state index contributed by atoms with van der Waals surface area (Å²) in [7, 11) is 0. The molecule has 1 saturated heterocycles. The molecule has 0 bridgehead atoms. The van der Waals surface area contributed by atoms with Gasteiger partial charge in [0.1, 0.15) is 5.69 Å². The summed E-state index contributed by atoms with van der Waals surface area (Å²) in [5.41, 5.74) is -0.219. The van der Waals surface area contributed by atoms with Crippen LogP contribution in [-0.2, 0) is 10.3 Å². The number of aromatic nitrogens is 1. The minimum Gasteiger partial charge on any atom is -0.314 e. The fourth-order valence-electron chi connectivity index (χ4n) is 4.07. The Morgan fingerprint density at radius 2 is 1.67 bits per heavy atom. The second-order valence-electron chi connectivity index (χ2n) is 7.85. The van der Waals surface area contributed by atoms with E-state index >= 15 is 8.78 Å². The summed E-state index contributed by atoms with van der Waals surface area (Å²) in [6.45, 7) is 3.73. The van der Waals surface area contributed by atoms with Crippen molar-refractivity contribution in [2.75, 3.05) is 11.4 Å². The second-order valence-corrected chi connectivity index (χ2v) is 7.85. The van der Waals surface area contributed by atoms with E-state index in [1.54, 1.807) is 62.6 Å².